The first kappa shape index (κ1) is 14.8. The van der Waals surface area contributed by atoms with E-state index in [-0.39, 0.29) is 12.1 Å². The van der Waals surface area contributed by atoms with Crippen molar-refractivity contribution in [3.05, 3.63) is 29.8 Å². The van der Waals surface area contributed by atoms with Crippen molar-refractivity contribution in [3.63, 3.8) is 0 Å². The van der Waals surface area contributed by atoms with Gasteiger partial charge in [0.25, 0.3) is 0 Å². The maximum absolute atomic E-state index is 12.2. The molecule has 1 aromatic carbocycles. The lowest BCUT2D eigenvalue weighted by molar-refractivity contribution is 0.0521. The predicted molar refractivity (Wildman–Crippen MR) is 77.7 cm³/mol. The van der Waals surface area contributed by atoms with Gasteiger partial charge in [-0.1, -0.05) is 12.1 Å². The average Bonchev–Trinajstić information content (AvgIpc) is 2.47. The molecule has 2 amide bonds. The van der Waals surface area contributed by atoms with Gasteiger partial charge in [0.15, 0.2) is 0 Å². The highest BCUT2D eigenvalue weighted by molar-refractivity contribution is 5.89. The lowest BCUT2D eigenvalue weighted by Gasteiger charge is -2.31. The largest absolute Gasteiger partial charge is 0.389 e. The van der Waals surface area contributed by atoms with Crippen LogP contribution in [-0.2, 0) is 4.74 Å². The highest BCUT2D eigenvalue weighted by atomic mass is 16.5. The Labute approximate surface area is 119 Å². The molecule has 2 rings (SSSR count). The number of rotatable bonds is 3. The quantitative estimate of drug-likeness (QED) is 0.892. The van der Waals surface area contributed by atoms with Gasteiger partial charge in [-0.2, -0.15) is 0 Å². The van der Waals surface area contributed by atoms with E-state index in [2.05, 4.69) is 5.32 Å². The van der Waals surface area contributed by atoms with Crippen LogP contribution in [0.2, 0.25) is 0 Å². The molecule has 0 saturated carbocycles. The molecule has 1 atom stereocenters. The van der Waals surface area contributed by atoms with E-state index in [9.17, 15) is 9.90 Å². The summed E-state index contributed by atoms with van der Waals surface area (Å²) >= 11 is 0. The molecule has 1 saturated heterocycles. The van der Waals surface area contributed by atoms with Gasteiger partial charge in [-0.15, -0.1) is 0 Å². The molecule has 0 bridgehead atoms. The number of ether oxygens (including phenoxy) is 1. The van der Waals surface area contributed by atoms with Gasteiger partial charge in [0.2, 0.25) is 0 Å². The number of piperidine rings is 1. The minimum atomic E-state index is -0.538. The van der Waals surface area contributed by atoms with Crippen molar-refractivity contribution < 1.29 is 14.6 Å². The number of nitrogens with one attached hydrogen (secondary N) is 1. The first-order valence-corrected chi connectivity index (χ1v) is 6.97. The Morgan fingerprint density at radius 1 is 1.45 bits per heavy atom. The van der Waals surface area contributed by atoms with E-state index in [1.54, 1.807) is 25.0 Å². The van der Waals surface area contributed by atoms with Gasteiger partial charge in [-0.05, 0) is 37.5 Å². The number of nitrogens with zero attached hydrogens (tertiary/aromatic N) is 1. The molecule has 1 aliphatic rings. The van der Waals surface area contributed by atoms with Gasteiger partial charge in [0.05, 0.1) is 12.2 Å². The number of hydrogen-bond acceptors (Lipinski definition) is 3. The Morgan fingerprint density at radius 2 is 2.15 bits per heavy atom. The summed E-state index contributed by atoms with van der Waals surface area (Å²) in [5.74, 6) is 0. The highest BCUT2D eigenvalue weighted by Gasteiger charge is 2.22. The summed E-state index contributed by atoms with van der Waals surface area (Å²) in [4.78, 5) is 14.0. The smallest absolute Gasteiger partial charge is 0.321 e. The number of hydrogen-bond donors (Lipinski definition) is 2. The van der Waals surface area contributed by atoms with E-state index in [4.69, 9.17) is 4.74 Å². The average molecular weight is 278 g/mol. The lowest BCUT2D eigenvalue weighted by Crippen LogP contribution is -2.42. The van der Waals surface area contributed by atoms with E-state index < -0.39 is 6.10 Å². The van der Waals surface area contributed by atoms with Crippen molar-refractivity contribution in [1.29, 1.82) is 0 Å². The normalized spacial score (nSPS) is 17.9. The van der Waals surface area contributed by atoms with Crippen LogP contribution >= 0.6 is 0 Å². The molecule has 0 spiro atoms. The number of methoxy groups -OCH3 is 1. The fourth-order valence-electron chi connectivity index (χ4n) is 2.37. The Kier molecular flexibility index (Phi) is 4.98. The zero-order valence-electron chi connectivity index (χ0n) is 12.0. The van der Waals surface area contributed by atoms with E-state index in [0.717, 1.165) is 18.4 Å². The van der Waals surface area contributed by atoms with E-state index in [0.29, 0.717) is 18.8 Å². The second kappa shape index (κ2) is 6.72. The summed E-state index contributed by atoms with van der Waals surface area (Å²) in [7, 11) is 1.71. The summed E-state index contributed by atoms with van der Waals surface area (Å²) in [6.45, 7) is 3.12. The van der Waals surface area contributed by atoms with Crippen LogP contribution in [0.5, 0.6) is 0 Å². The number of anilines is 1. The third kappa shape index (κ3) is 3.71. The zero-order chi connectivity index (χ0) is 14.5. The third-order valence-corrected chi connectivity index (χ3v) is 3.68. The maximum Gasteiger partial charge on any atom is 0.321 e. The Balaban J connectivity index is 1.93. The molecule has 1 unspecified atom stereocenters. The van der Waals surface area contributed by atoms with Crippen LogP contribution in [-0.4, -0.2) is 42.3 Å². The van der Waals surface area contributed by atoms with E-state index in [1.165, 1.54) is 0 Å². The minimum absolute atomic E-state index is 0.0951. The molecule has 1 aromatic rings. The summed E-state index contributed by atoms with van der Waals surface area (Å²) in [5.41, 5.74) is 1.50. The van der Waals surface area contributed by atoms with Gasteiger partial charge in [0.1, 0.15) is 0 Å². The van der Waals surface area contributed by atoms with E-state index >= 15 is 0 Å². The van der Waals surface area contributed by atoms with Gasteiger partial charge in [0, 0.05) is 25.9 Å². The van der Waals surface area contributed by atoms with Crippen LogP contribution in [0.1, 0.15) is 31.4 Å². The molecular weight excluding hydrogens is 256 g/mol. The van der Waals surface area contributed by atoms with Gasteiger partial charge in [-0.25, -0.2) is 4.79 Å². The van der Waals surface area contributed by atoms with Gasteiger partial charge >= 0.3 is 6.03 Å². The van der Waals surface area contributed by atoms with Crippen LogP contribution in [0, 0.1) is 0 Å². The second-order valence-electron chi connectivity index (χ2n) is 5.15. The molecule has 5 heteroatoms. The molecule has 20 heavy (non-hydrogen) atoms. The number of urea groups is 1. The van der Waals surface area contributed by atoms with Crippen LogP contribution in [0.25, 0.3) is 0 Å². The number of amides is 2. The minimum Gasteiger partial charge on any atom is -0.389 e. The SMILES string of the molecule is COC1CCN(C(=O)Nc2cccc(C(C)O)c2)CC1. The molecule has 0 aliphatic carbocycles. The fourth-order valence-corrected chi connectivity index (χ4v) is 2.37. The standard InChI is InChI=1S/C15H22N2O3/c1-11(18)12-4-3-5-13(10-12)16-15(19)17-8-6-14(20-2)7-9-17/h3-5,10-11,14,18H,6-9H2,1-2H3,(H,16,19). The van der Waals surface area contributed by atoms with Crippen LogP contribution < -0.4 is 5.32 Å². The highest BCUT2D eigenvalue weighted by Crippen LogP contribution is 2.18. The molecule has 110 valence electrons. The molecule has 1 aliphatic heterocycles. The number of likely N-dealkylation sites (tertiary alicyclic amines) is 1. The molecule has 1 fully saturated rings. The summed E-state index contributed by atoms with van der Waals surface area (Å²) in [6, 6.07) is 7.19. The molecule has 1 heterocycles. The van der Waals surface area contributed by atoms with Gasteiger partial charge < -0.3 is 20.1 Å². The van der Waals surface area contributed by atoms with Crippen LogP contribution in [0.15, 0.2) is 24.3 Å². The Bertz CT molecular complexity index is 454. The van der Waals surface area contributed by atoms with Crippen LogP contribution in [0.3, 0.4) is 0 Å². The van der Waals surface area contributed by atoms with Crippen molar-refractivity contribution >= 4 is 11.7 Å². The molecular formula is C15H22N2O3. The number of benzene rings is 1. The number of carbonyl (C=O) groups excluding carboxylic acids is 1. The zero-order valence-corrected chi connectivity index (χ0v) is 12.0. The van der Waals surface area contributed by atoms with Crippen molar-refractivity contribution in [2.75, 3.05) is 25.5 Å². The maximum atomic E-state index is 12.2. The lowest BCUT2D eigenvalue weighted by atomic mass is 10.1. The van der Waals surface area contributed by atoms with Crippen molar-refractivity contribution in [2.45, 2.75) is 32.0 Å². The van der Waals surface area contributed by atoms with Crippen molar-refractivity contribution in [1.82, 2.24) is 4.90 Å². The van der Waals surface area contributed by atoms with Crippen LogP contribution in [0.4, 0.5) is 10.5 Å². The number of carbonyl (C=O) groups is 1. The topological polar surface area (TPSA) is 61.8 Å². The number of aliphatic hydroxyl groups is 1. The molecule has 0 aromatic heterocycles. The molecule has 0 radical (unpaired) electrons. The summed E-state index contributed by atoms with van der Waals surface area (Å²) in [6.07, 6.45) is 1.47. The summed E-state index contributed by atoms with van der Waals surface area (Å²) < 4.78 is 5.29. The van der Waals surface area contributed by atoms with Gasteiger partial charge in [-0.3, -0.25) is 0 Å². The molecule has 2 N–H and O–H groups in total. The monoisotopic (exact) mass is 278 g/mol. The predicted octanol–water partition coefficient (Wildman–Crippen LogP) is 2.38. The Hall–Kier alpha value is -1.59. The number of aliphatic hydroxyl groups excluding tert-OH is 1. The second-order valence-corrected chi connectivity index (χ2v) is 5.15. The first-order chi connectivity index (χ1) is 9.60. The van der Waals surface area contributed by atoms with Crippen molar-refractivity contribution in [3.8, 4) is 0 Å². The van der Waals surface area contributed by atoms with E-state index in [1.807, 2.05) is 18.2 Å². The Morgan fingerprint density at radius 3 is 2.75 bits per heavy atom. The summed E-state index contributed by atoms with van der Waals surface area (Å²) in [5, 5.41) is 12.4. The molecule has 5 nitrogen and oxygen atoms in total. The fraction of sp³-hybridized carbons (Fsp3) is 0.533. The van der Waals surface area contributed by atoms with Crippen molar-refractivity contribution in [2.24, 2.45) is 0 Å². The third-order valence-electron chi connectivity index (χ3n) is 3.68. The first-order valence-electron chi connectivity index (χ1n) is 6.97.